The SMILES string of the molecule is CCNC(=NCc1cc(F)ccc1Br)NCc1ccccn1. The fourth-order valence-corrected chi connectivity index (χ4v) is 2.22. The number of pyridine rings is 1. The van der Waals surface area contributed by atoms with Gasteiger partial charge in [0.15, 0.2) is 5.96 Å². The highest BCUT2D eigenvalue weighted by molar-refractivity contribution is 9.10. The Kier molecular flexibility index (Phi) is 6.33. The summed E-state index contributed by atoms with van der Waals surface area (Å²) in [6.07, 6.45) is 1.75. The minimum absolute atomic E-state index is 0.264. The number of aromatic nitrogens is 1. The lowest BCUT2D eigenvalue weighted by atomic mass is 10.2. The van der Waals surface area contributed by atoms with Gasteiger partial charge in [0.1, 0.15) is 5.82 Å². The fraction of sp³-hybridized carbons (Fsp3) is 0.250. The summed E-state index contributed by atoms with van der Waals surface area (Å²) in [6, 6.07) is 10.4. The Bertz CT molecular complexity index is 631. The normalized spacial score (nSPS) is 11.3. The van der Waals surface area contributed by atoms with Crippen molar-refractivity contribution >= 4 is 21.9 Å². The molecule has 0 spiro atoms. The van der Waals surface area contributed by atoms with E-state index in [2.05, 4.69) is 36.5 Å². The number of aliphatic imine (C=N–C) groups is 1. The molecule has 0 amide bonds. The van der Waals surface area contributed by atoms with Crippen LogP contribution in [0.2, 0.25) is 0 Å². The Balaban J connectivity index is 2.02. The smallest absolute Gasteiger partial charge is 0.191 e. The van der Waals surface area contributed by atoms with Gasteiger partial charge in [-0.2, -0.15) is 0 Å². The van der Waals surface area contributed by atoms with Gasteiger partial charge < -0.3 is 10.6 Å². The van der Waals surface area contributed by atoms with E-state index in [1.807, 2.05) is 25.1 Å². The Morgan fingerprint density at radius 2 is 2.14 bits per heavy atom. The Morgan fingerprint density at radius 3 is 2.86 bits per heavy atom. The number of nitrogens with zero attached hydrogens (tertiary/aromatic N) is 2. The Hall–Kier alpha value is -1.95. The molecule has 0 fully saturated rings. The maximum atomic E-state index is 13.3. The number of hydrogen-bond acceptors (Lipinski definition) is 2. The molecule has 2 N–H and O–H groups in total. The van der Waals surface area contributed by atoms with E-state index in [9.17, 15) is 4.39 Å². The van der Waals surface area contributed by atoms with Crippen LogP contribution in [0, 0.1) is 5.82 Å². The molecule has 0 unspecified atom stereocenters. The molecule has 1 heterocycles. The molecule has 2 rings (SSSR count). The van der Waals surface area contributed by atoms with E-state index in [1.54, 1.807) is 12.3 Å². The predicted molar refractivity (Wildman–Crippen MR) is 90.0 cm³/mol. The van der Waals surface area contributed by atoms with Gasteiger partial charge in [-0.05, 0) is 42.8 Å². The Labute approximate surface area is 138 Å². The van der Waals surface area contributed by atoms with Crippen molar-refractivity contribution in [2.45, 2.75) is 20.0 Å². The van der Waals surface area contributed by atoms with E-state index in [0.29, 0.717) is 19.0 Å². The largest absolute Gasteiger partial charge is 0.357 e. The summed E-state index contributed by atoms with van der Waals surface area (Å²) in [5.74, 6) is 0.407. The fourth-order valence-electron chi connectivity index (χ4n) is 1.85. The molecule has 2 aromatic rings. The number of nitrogens with one attached hydrogen (secondary N) is 2. The van der Waals surface area contributed by atoms with Crippen LogP contribution in [0.4, 0.5) is 4.39 Å². The van der Waals surface area contributed by atoms with Crippen molar-refractivity contribution in [2.24, 2.45) is 4.99 Å². The molecular formula is C16H18BrFN4. The van der Waals surface area contributed by atoms with Gasteiger partial charge in [0.25, 0.3) is 0 Å². The highest BCUT2D eigenvalue weighted by atomic mass is 79.9. The molecular weight excluding hydrogens is 347 g/mol. The third-order valence-corrected chi connectivity index (χ3v) is 3.70. The second-order valence-electron chi connectivity index (χ2n) is 4.61. The first kappa shape index (κ1) is 16.4. The van der Waals surface area contributed by atoms with Gasteiger partial charge in [0.05, 0.1) is 18.8 Å². The molecule has 0 aliphatic rings. The van der Waals surface area contributed by atoms with Crippen LogP contribution in [-0.4, -0.2) is 17.5 Å². The van der Waals surface area contributed by atoms with Crippen molar-refractivity contribution in [3.05, 3.63) is 64.1 Å². The molecule has 0 aliphatic carbocycles. The van der Waals surface area contributed by atoms with Crippen LogP contribution in [0.3, 0.4) is 0 Å². The van der Waals surface area contributed by atoms with Crippen LogP contribution in [0.15, 0.2) is 52.1 Å². The van der Waals surface area contributed by atoms with E-state index in [1.165, 1.54) is 12.1 Å². The van der Waals surface area contributed by atoms with Crippen LogP contribution in [0.25, 0.3) is 0 Å². The Morgan fingerprint density at radius 1 is 1.27 bits per heavy atom. The summed E-state index contributed by atoms with van der Waals surface area (Å²) < 4.78 is 14.1. The monoisotopic (exact) mass is 364 g/mol. The van der Waals surface area contributed by atoms with Crippen LogP contribution < -0.4 is 10.6 Å². The van der Waals surface area contributed by atoms with Gasteiger partial charge >= 0.3 is 0 Å². The summed E-state index contributed by atoms with van der Waals surface area (Å²) in [7, 11) is 0. The third-order valence-electron chi connectivity index (χ3n) is 2.92. The van der Waals surface area contributed by atoms with Crippen LogP contribution in [-0.2, 0) is 13.1 Å². The second-order valence-corrected chi connectivity index (χ2v) is 5.46. The van der Waals surface area contributed by atoms with E-state index in [-0.39, 0.29) is 5.82 Å². The lowest BCUT2D eigenvalue weighted by Gasteiger charge is -2.11. The lowest BCUT2D eigenvalue weighted by molar-refractivity contribution is 0.625. The molecule has 0 bridgehead atoms. The number of benzene rings is 1. The molecule has 6 heteroatoms. The van der Waals surface area contributed by atoms with Gasteiger partial charge in [-0.1, -0.05) is 22.0 Å². The highest BCUT2D eigenvalue weighted by Gasteiger charge is 2.03. The van der Waals surface area contributed by atoms with E-state index in [0.717, 1.165) is 22.3 Å². The van der Waals surface area contributed by atoms with E-state index < -0.39 is 0 Å². The lowest BCUT2D eigenvalue weighted by Crippen LogP contribution is -2.37. The van der Waals surface area contributed by atoms with Crippen molar-refractivity contribution in [1.82, 2.24) is 15.6 Å². The number of guanidine groups is 1. The zero-order valence-electron chi connectivity index (χ0n) is 12.3. The highest BCUT2D eigenvalue weighted by Crippen LogP contribution is 2.18. The molecule has 0 radical (unpaired) electrons. The first-order valence-corrected chi connectivity index (χ1v) is 7.84. The maximum Gasteiger partial charge on any atom is 0.191 e. The summed E-state index contributed by atoms with van der Waals surface area (Å²) in [5, 5.41) is 6.37. The predicted octanol–water partition coefficient (Wildman–Crippen LogP) is 3.24. The van der Waals surface area contributed by atoms with Gasteiger partial charge in [0.2, 0.25) is 0 Å². The van der Waals surface area contributed by atoms with Crippen molar-refractivity contribution in [1.29, 1.82) is 0 Å². The topological polar surface area (TPSA) is 49.3 Å². The average Bonchev–Trinajstić information content (AvgIpc) is 2.54. The molecule has 0 atom stereocenters. The van der Waals surface area contributed by atoms with Crippen molar-refractivity contribution < 1.29 is 4.39 Å². The minimum atomic E-state index is -0.264. The van der Waals surface area contributed by atoms with Crippen molar-refractivity contribution in [3.63, 3.8) is 0 Å². The van der Waals surface area contributed by atoms with Gasteiger partial charge in [-0.25, -0.2) is 9.38 Å². The molecule has 1 aromatic heterocycles. The summed E-state index contributed by atoms with van der Waals surface area (Å²) in [6.45, 7) is 3.71. The second kappa shape index (κ2) is 8.48. The van der Waals surface area contributed by atoms with Crippen molar-refractivity contribution in [2.75, 3.05) is 6.54 Å². The summed E-state index contributed by atoms with van der Waals surface area (Å²) in [5.41, 5.74) is 1.73. The van der Waals surface area contributed by atoms with Gasteiger partial charge in [0, 0.05) is 17.2 Å². The first-order chi connectivity index (χ1) is 10.7. The minimum Gasteiger partial charge on any atom is -0.357 e. The van der Waals surface area contributed by atoms with Gasteiger partial charge in [-0.15, -0.1) is 0 Å². The first-order valence-electron chi connectivity index (χ1n) is 7.05. The molecule has 116 valence electrons. The molecule has 1 aromatic carbocycles. The average molecular weight is 365 g/mol. The summed E-state index contributed by atoms with van der Waals surface area (Å²) >= 11 is 3.41. The standard InChI is InChI=1S/C16H18BrFN4/c1-2-19-16(22-11-14-5-3-4-8-20-14)21-10-12-9-13(18)6-7-15(12)17/h3-9H,2,10-11H2,1H3,(H2,19,21,22). The van der Waals surface area contributed by atoms with E-state index >= 15 is 0 Å². The van der Waals surface area contributed by atoms with Crippen LogP contribution >= 0.6 is 15.9 Å². The van der Waals surface area contributed by atoms with Crippen LogP contribution in [0.5, 0.6) is 0 Å². The molecule has 22 heavy (non-hydrogen) atoms. The zero-order chi connectivity index (χ0) is 15.8. The number of rotatable bonds is 5. The summed E-state index contributed by atoms with van der Waals surface area (Å²) in [4.78, 5) is 8.72. The number of halogens is 2. The van der Waals surface area contributed by atoms with Crippen LogP contribution in [0.1, 0.15) is 18.2 Å². The quantitative estimate of drug-likeness (QED) is 0.632. The maximum absolute atomic E-state index is 13.3. The molecule has 0 saturated carbocycles. The zero-order valence-corrected chi connectivity index (χ0v) is 13.9. The molecule has 0 saturated heterocycles. The molecule has 0 aliphatic heterocycles. The van der Waals surface area contributed by atoms with Crippen molar-refractivity contribution in [3.8, 4) is 0 Å². The third kappa shape index (κ3) is 5.11. The number of hydrogen-bond donors (Lipinski definition) is 2. The van der Waals surface area contributed by atoms with E-state index in [4.69, 9.17) is 0 Å². The van der Waals surface area contributed by atoms with Gasteiger partial charge in [-0.3, -0.25) is 4.98 Å². The molecule has 4 nitrogen and oxygen atoms in total.